The Labute approximate surface area is 104 Å². The fourth-order valence-corrected chi connectivity index (χ4v) is 3.10. The maximum atomic E-state index is 13.0. The zero-order valence-corrected chi connectivity index (χ0v) is 10.5. The summed E-state index contributed by atoms with van der Waals surface area (Å²) in [5, 5.41) is 7.46. The number of nitrogens with zero attached hydrogens (tertiary/aromatic N) is 2. The molecule has 0 aromatic carbocycles. The third-order valence-electron chi connectivity index (χ3n) is 3.92. The zero-order valence-electron chi connectivity index (χ0n) is 10.5. The number of hydrogen-bond donors (Lipinski definition) is 1. The van der Waals surface area contributed by atoms with Crippen LogP contribution in [0.4, 0.5) is 8.78 Å². The molecule has 1 aromatic heterocycles. The van der Waals surface area contributed by atoms with E-state index < -0.39 is 18.1 Å². The number of fused-ring (bicyclic) bond motifs is 2. The highest BCUT2D eigenvalue weighted by Crippen LogP contribution is 2.42. The van der Waals surface area contributed by atoms with Gasteiger partial charge in [0, 0.05) is 12.6 Å². The first-order valence-corrected chi connectivity index (χ1v) is 6.23. The van der Waals surface area contributed by atoms with E-state index in [-0.39, 0.29) is 6.61 Å². The number of rotatable bonds is 1. The molecular formula is C12H17F2N3O. The molecular weight excluding hydrogens is 240 g/mol. The minimum Gasteiger partial charge on any atom is -0.365 e. The molecule has 100 valence electrons. The number of halogens is 2. The Balaban J connectivity index is 2.06. The first kappa shape index (κ1) is 12.0. The van der Waals surface area contributed by atoms with E-state index >= 15 is 0 Å². The molecule has 0 bridgehead atoms. The maximum Gasteiger partial charge on any atom is 0.262 e. The van der Waals surface area contributed by atoms with Crippen molar-refractivity contribution in [2.45, 2.75) is 44.4 Å². The van der Waals surface area contributed by atoms with Crippen LogP contribution in [-0.4, -0.2) is 35.4 Å². The van der Waals surface area contributed by atoms with Crippen molar-refractivity contribution < 1.29 is 13.5 Å². The van der Waals surface area contributed by atoms with Gasteiger partial charge in [-0.1, -0.05) is 0 Å². The van der Waals surface area contributed by atoms with E-state index in [9.17, 15) is 8.78 Å². The normalized spacial score (nSPS) is 35.4. The lowest BCUT2D eigenvalue weighted by Crippen LogP contribution is -2.44. The van der Waals surface area contributed by atoms with Crippen LogP contribution in [0.1, 0.15) is 30.6 Å². The van der Waals surface area contributed by atoms with E-state index in [1.807, 2.05) is 6.92 Å². The zero-order chi connectivity index (χ0) is 12.9. The van der Waals surface area contributed by atoms with Gasteiger partial charge in [0.15, 0.2) is 0 Å². The molecule has 1 N–H and O–H groups in total. The number of ether oxygens (including phenoxy) is 1. The van der Waals surface area contributed by atoms with Gasteiger partial charge in [-0.3, -0.25) is 4.68 Å². The van der Waals surface area contributed by atoms with E-state index in [2.05, 4.69) is 17.3 Å². The van der Waals surface area contributed by atoms with Crippen LogP contribution < -0.4 is 5.32 Å². The summed E-state index contributed by atoms with van der Waals surface area (Å²) >= 11 is 0. The van der Waals surface area contributed by atoms with Crippen molar-refractivity contribution in [3.05, 3.63) is 17.5 Å². The molecule has 1 aromatic rings. The molecule has 1 spiro atoms. The van der Waals surface area contributed by atoms with Crippen LogP contribution in [-0.2, 0) is 10.3 Å². The van der Waals surface area contributed by atoms with Crippen molar-refractivity contribution in [2.75, 3.05) is 13.2 Å². The Morgan fingerprint density at radius 1 is 1.61 bits per heavy atom. The molecule has 0 aliphatic carbocycles. The Morgan fingerprint density at radius 2 is 2.39 bits per heavy atom. The largest absolute Gasteiger partial charge is 0.365 e. The molecule has 0 unspecified atom stereocenters. The Hall–Kier alpha value is -1.01. The van der Waals surface area contributed by atoms with Crippen LogP contribution in [0.3, 0.4) is 0 Å². The fourth-order valence-electron chi connectivity index (χ4n) is 3.10. The average molecular weight is 257 g/mol. The summed E-state index contributed by atoms with van der Waals surface area (Å²) in [5.41, 5.74) is 1.26. The van der Waals surface area contributed by atoms with Crippen LogP contribution in [0.2, 0.25) is 0 Å². The summed E-state index contributed by atoms with van der Waals surface area (Å²) in [5.74, 6) is 0. The third-order valence-corrected chi connectivity index (χ3v) is 3.92. The Kier molecular flexibility index (Phi) is 2.67. The minimum absolute atomic E-state index is 0.0280. The predicted molar refractivity (Wildman–Crippen MR) is 61.7 cm³/mol. The van der Waals surface area contributed by atoms with Gasteiger partial charge < -0.3 is 10.1 Å². The quantitative estimate of drug-likeness (QED) is 0.830. The number of aryl methyl sites for hydroxylation is 1. The van der Waals surface area contributed by atoms with E-state index in [4.69, 9.17) is 4.74 Å². The van der Waals surface area contributed by atoms with Gasteiger partial charge in [-0.15, -0.1) is 0 Å². The number of hydrogen-bond acceptors (Lipinski definition) is 3. The summed E-state index contributed by atoms with van der Waals surface area (Å²) in [6.07, 6.45) is 0.00628. The topological polar surface area (TPSA) is 39.1 Å². The third kappa shape index (κ3) is 1.59. The number of alkyl halides is 2. The lowest BCUT2D eigenvalue weighted by Gasteiger charge is -2.38. The molecule has 0 saturated carbocycles. The molecule has 0 radical (unpaired) electrons. The SMILES string of the molecule is Cc1cnn2c1[C@]1(CN[C@H](C)C1)OC[C@H]2C(F)F. The van der Waals surface area contributed by atoms with Gasteiger partial charge in [0.1, 0.15) is 11.6 Å². The first-order valence-electron chi connectivity index (χ1n) is 6.23. The monoisotopic (exact) mass is 257 g/mol. The van der Waals surface area contributed by atoms with Crippen LogP contribution in [0, 0.1) is 6.92 Å². The summed E-state index contributed by atoms with van der Waals surface area (Å²) in [4.78, 5) is 0. The molecule has 3 heterocycles. The highest BCUT2D eigenvalue weighted by Gasteiger charge is 2.48. The Morgan fingerprint density at radius 3 is 3.00 bits per heavy atom. The molecule has 1 saturated heterocycles. The van der Waals surface area contributed by atoms with E-state index in [1.165, 1.54) is 4.68 Å². The fraction of sp³-hybridized carbons (Fsp3) is 0.750. The summed E-state index contributed by atoms with van der Waals surface area (Å²) in [6, 6.07) is -0.633. The maximum absolute atomic E-state index is 13.0. The first-order chi connectivity index (χ1) is 8.53. The van der Waals surface area contributed by atoms with Gasteiger partial charge in [-0.05, 0) is 25.8 Å². The van der Waals surface area contributed by atoms with E-state index in [0.29, 0.717) is 12.6 Å². The van der Waals surface area contributed by atoms with Crippen molar-refractivity contribution in [3.8, 4) is 0 Å². The van der Waals surface area contributed by atoms with Crippen LogP contribution in [0.25, 0.3) is 0 Å². The second-order valence-corrected chi connectivity index (χ2v) is 5.31. The smallest absolute Gasteiger partial charge is 0.262 e. The molecule has 3 atom stereocenters. The Bertz CT molecular complexity index is 462. The van der Waals surface area contributed by atoms with Crippen molar-refractivity contribution in [2.24, 2.45) is 0 Å². The van der Waals surface area contributed by atoms with Gasteiger partial charge in [0.05, 0.1) is 18.5 Å². The van der Waals surface area contributed by atoms with Gasteiger partial charge in [0.25, 0.3) is 6.43 Å². The van der Waals surface area contributed by atoms with Crippen molar-refractivity contribution in [3.63, 3.8) is 0 Å². The molecule has 0 amide bonds. The van der Waals surface area contributed by atoms with Crippen LogP contribution in [0.15, 0.2) is 6.20 Å². The van der Waals surface area contributed by atoms with Gasteiger partial charge in [0.2, 0.25) is 0 Å². The average Bonchev–Trinajstić information content (AvgIpc) is 2.85. The molecule has 1 fully saturated rings. The molecule has 3 rings (SSSR count). The lowest BCUT2D eigenvalue weighted by molar-refractivity contribution is -0.109. The standard InChI is InChI=1S/C12H17F2N3O/c1-7-4-16-17-9(11(13)14)5-18-12(10(7)17)3-8(2)15-6-12/h4,8-9,11,15H,3,5-6H2,1-2H3/t8-,9+,12+/m1/s1. The predicted octanol–water partition coefficient (Wildman–Crippen LogP) is 1.61. The van der Waals surface area contributed by atoms with Crippen LogP contribution >= 0.6 is 0 Å². The summed E-state index contributed by atoms with van der Waals surface area (Å²) in [7, 11) is 0. The second kappa shape index (κ2) is 3.99. The van der Waals surface area contributed by atoms with Gasteiger partial charge in [-0.2, -0.15) is 5.10 Å². The lowest BCUT2D eigenvalue weighted by atomic mass is 9.91. The number of nitrogens with one attached hydrogen (secondary N) is 1. The highest BCUT2D eigenvalue weighted by atomic mass is 19.3. The van der Waals surface area contributed by atoms with Gasteiger partial charge in [-0.25, -0.2) is 8.78 Å². The molecule has 2 aliphatic heterocycles. The highest BCUT2D eigenvalue weighted by molar-refractivity contribution is 5.28. The second-order valence-electron chi connectivity index (χ2n) is 5.31. The summed E-state index contributed by atoms with van der Waals surface area (Å²) < 4.78 is 33.3. The van der Waals surface area contributed by atoms with Crippen molar-refractivity contribution in [1.29, 1.82) is 0 Å². The van der Waals surface area contributed by atoms with Crippen molar-refractivity contribution in [1.82, 2.24) is 15.1 Å². The molecule has 6 heteroatoms. The molecule has 2 aliphatic rings. The number of aromatic nitrogens is 2. The molecule has 18 heavy (non-hydrogen) atoms. The molecule has 4 nitrogen and oxygen atoms in total. The summed E-state index contributed by atoms with van der Waals surface area (Å²) in [6.45, 7) is 4.67. The minimum atomic E-state index is -2.45. The van der Waals surface area contributed by atoms with Crippen molar-refractivity contribution >= 4 is 0 Å². The van der Waals surface area contributed by atoms with E-state index in [0.717, 1.165) is 17.7 Å². The van der Waals surface area contributed by atoms with Crippen LogP contribution in [0.5, 0.6) is 0 Å². The van der Waals surface area contributed by atoms with E-state index in [1.54, 1.807) is 6.20 Å². The van der Waals surface area contributed by atoms with Gasteiger partial charge >= 0.3 is 0 Å².